The van der Waals surface area contributed by atoms with Crippen molar-refractivity contribution in [2.75, 3.05) is 21.3 Å². The minimum atomic E-state index is -1.77. The third-order valence-corrected chi connectivity index (χ3v) is 13.6. The summed E-state index contributed by atoms with van der Waals surface area (Å²) in [5, 5.41) is 2.62. The highest BCUT2D eigenvalue weighted by Gasteiger charge is 2.35. The molecule has 4 nitrogen and oxygen atoms in total. The molecule has 1 N–H and O–H groups in total. The van der Waals surface area contributed by atoms with Crippen molar-refractivity contribution < 1.29 is 14.2 Å². The zero-order valence-corrected chi connectivity index (χ0v) is 24.0. The average molecular weight is 553 g/mol. The summed E-state index contributed by atoms with van der Waals surface area (Å²) in [6.45, 7) is 7.05. The smallest absolute Gasteiger partial charge is 0.142 e. The molecule has 0 aliphatic heterocycles. The van der Waals surface area contributed by atoms with Crippen LogP contribution in [-0.2, 0) is 0 Å². The molecule has 0 saturated carbocycles. The second-order valence-electron chi connectivity index (χ2n) is 8.86. The monoisotopic (exact) mass is 551 g/mol. The van der Waals surface area contributed by atoms with E-state index in [1.807, 2.05) is 24.3 Å². The molecule has 4 rings (SSSR count). The van der Waals surface area contributed by atoms with Crippen molar-refractivity contribution in [3.63, 3.8) is 0 Å². The lowest BCUT2D eigenvalue weighted by Crippen LogP contribution is -2.47. The number of methoxy groups -OCH3 is 3. The first-order chi connectivity index (χ1) is 17.0. The SMILES string of the molecule is CC[Si](CC)(CC)c1[nH]c2c(-c3ccc(OC)cc3)c(OC)c(Br)cc2c1-c1ccc(OC)cc1. The minimum absolute atomic E-state index is 0.827. The normalized spacial score (nSPS) is 11.6. The van der Waals surface area contributed by atoms with E-state index in [1.165, 1.54) is 40.0 Å². The van der Waals surface area contributed by atoms with Crippen LogP contribution in [0, 0.1) is 0 Å². The predicted octanol–water partition coefficient (Wildman–Crippen LogP) is 8.01. The first-order valence-corrected chi connectivity index (χ1v) is 15.6. The van der Waals surface area contributed by atoms with E-state index in [0.29, 0.717) is 0 Å². The molecule has 0 saturated heterocycles. The Kier molecular flexibility index (Phi) is 7.62. The molecule has 1 aromatic heterocycles. The standard InChI is InChI=1S/C29H34BrNO3Si/c1-7-35(8-2,9-3)29-25(19-10-14-21(32-4)15-11-19)23-18-24(30)28(34-6)26(27(23)31-29)20-12-16-22(33-5)17-13-20/h10-18,31H,7-9H2,1-6H3. The Hall–Kier alpha value is -2.70. The van der Waals surface area contributed by atoms with Crippen molar-refractivity contribution in [1.82, 2.24) is 4.98 Å². The van der Waals surface area contributed by atoms with Gasteiger partial charge in [-0.2, -0.15) is 0 Å². The topological polar surface area (TPSA) is 43.5 Å². The molecule has 184 valence electrons. The Morgan fingerprint density at radius 1 is 0.714 bits per heavy atom. The summed E-state index contributed by atoms with van der Waals surface area (Å²) in [6.07, 6.45) is 0. The van der Waals surface area contributed by atoms with E-state index in [0.717, 1.165) is 38.4 Å². The molecule has 0 radical (unpaired) electrons. The molecule has 0 bridgehead atoms. The zero-order valence-electron chi connectivity index (χ0n) is 21.4. The molecule has 0 atom stereocenters. The van der Waals surface area contributed by atoms with Crippen LogP contribution in [0.15, 0.2) is 59.1 Å². The van der Waals surface area contributed by atoms with Crippen LogP contribution in [0.1, 0.15) is 20.8 Å². The first kappa shape index (κ1) is 25.4. The van der Waals surface area contributed by atoms with E-state index in [-0.39, 0.29) is 0 Å². The lowest BCUT2D eigenvalue weighted by molar-refractivity contribution is 0.413. The van der Waals surface area contributed by atoms with E-state index in [2.05, 4.69) is 72.0 Å². The van der Waals surface area contributed by atoms with Gasteiger partial charge in [0.25, 0.3) is 0 Å². The van der Waals surface area contributed by atoms with Crippen molar-refractivity contribution >= 4 is 40.2 Å². The second kappa shape index (κ2) is 10.5. The number of ether oxygens (including phenoxy) is 3. The van der Waals surface area contributed by atoms with Crippen LogP contribution < -0.4 is 19.5 Å². The van der Waals surface area contributed by atoms with Crippen LogP contribution in [0.5, 0.6) is 17.2 Å². The third kappa shape index (κ3) is 4.38. The molecule has 0 unspecified atom stereocenters. The lowest BCUT2D eigenvalue weighted by atomic mass is 9.98. The lowest BCUT2D eigenvalue weighted by Gasteiger charge is -2.28. The number of rotatable bonds is 9. The van der Waals surface area contributed by atoms with Crippen molar-refractivity contribution in [3.8, 4) is 39.5 Å². The fourth-order valence-corrected chi connectivity index (χ4v) is 9.60. The van der Waals surface area contributed by atoms with Gasteiger partial charge in [-0.15, -0.1) is 0 Å². The third-order valence-electron chi connectivity index (χ3n) is 7.53. The van der Waals surface area contributed by atoms with E-state index in [1.54, 1.807) is 21.3 Å². The summed E-state index contributed by atoms with van der Waals surface area (Å²) < 4.78 is 17.7. The summed E-state index contributed by atoms with van der Waals surface area (Å²) in [7, 11) is 3.36. The highest BCUT2D eigenvalue weighted by atomic mass is 79.9. The summed E-state index contributed by atoms with van der Waals surface area (Å²) in [6, 6.07) is 22.4. The quantitative estimate of drug-likeness (QED) is 0.214. The van der Waals surface area contributed by atoms with Crippen molar-refractivity contribution in [2.45, 2.75) is 38.9 Å². The number of aromatic amines is 1. The van der Waals surface area contributed by atoms with Gasteiger partial charge in [-0.1, -0.05) is 63.2 Å². The Morgan fingerprint density at radius 3 is 1.63 bits per heavy atom. The van der Waals surface area contributed by atoms with Gasteiger partial charge in [-0.05, 0) is 57.4 Å². The van der Waals surface area contributed by atoms with Crippen LogP contribution in [-0.4, -0.2) is 34.4 Å². The maximum absolute atomic E-state index is 5.94. The summed E-state index contributed by atoms with van der Waals surface area (Å²) in [5.74, 6) is 2.52. The summed E-state index contributed by atoms with van der Waals surface area (Å²) in [5.41, 5.74) is 5.77. The van der Waals surface area contributed by atoms with Crippen molar-refractivity contribution in [1.29, 1.82) is 0 Å². The van der Waals surface area contributed by atoms with Crippen molar-refractivity contribution in [3.05, 3.63) is 59.1 Å². The summed E-state index contributed by atoms with van der Waals surface area (Å²) >= 11 is 3.82. The maximum atomic E-state index is 5.94. The van der Waals surface area contributed by atoms with Gasteiger partial charge in [-0.25, -0.2) is 0 Å². The molecule has 0 aliphatic carbocycles. The molecule has 35 heavy (non-hydrogen) atoms. The van der Waals surface area contributed by atoms with Gasteiger partial charge in [0.15, 0.2) is 0 Å². The number of nitrogens with one attached hydrogen (secondary N) is 1. The predicted molar refractivity (Wildman–Crippen MR) is 153 cm³/mol. The second-order valence-corrected chi connectivity index (χ2v) is 14.9. The molecule has 0 fully saturated rings. The molecule has 4 aromatic rings. The fraction of sp³-hybridized carbons (Fsp3) is 0.310. The fourth-order valence-electron chi connectivity index (χ4n) is 5.25. The van der Waals surface area contributed by atoms with E-state index >= 15 is 0 Å². The summed E-state index contributed by atoms with van der Waals surface area (Å²) in [4.78, 5) is 3.98. The maximum Gasteiger partial charge on any atom is 0.142 e. The number of benzene rings is 3. The number of H-pyrrole nitrogens is 1. The van der Waals surface area contributed by atoms with Crippen LogP contribution in [0.2, 0.25) is 18.1 Å². The van der Waals surface area contributed by atoms with Crippen LogP contribution in [0.25, 0.3) is 33.2 Å². The van der Waals surface area contributed by atoms with Gasteiger partial charge in [0.05, 0.1) is 31.3 Å². The molecular formula is C29H34BrNO3Si. The largest absolute Gasteiger partial charge is 0.497 e. The first-order valence-electron chi connectivity index (χ1n) is 12.2. The van der Waals surface area contributed by atoms with Crippen molar-refractivity contribution in [2.24, 2.45) is 0 Å². The molecular weight excluding hydrogens is 518 g/mol. The molecule has 0 amide bonds. The highest BCUT2D eigenvalue weighted by molar-refractivity contribution is 9.10. The Morgan fingerprint density at radius 2 is 1.20 bits per heavy atom. The van der Waals surface area contributed by atoms with E-state index < -0.39 is 8.07 Å². The minimum Gasteiger partial charge on any atom is -0.497 e. The average Bonchev–Trinajstić information content (AvgIpc) is 3.28. The molecule has 6 heteroatoms. The Labute approximate surface area is 217 Å². The van der Waals surface area contributed by atoms with Crippen LogP contribution in [0.4, 0.5) is 0 Å². The number of fused-ring (bicyclic) bond motifs is 1. The highest BCUT2D eigenvalue weighted by Crippen LogP contribution is 2.45. The Balaban J connectivity index is 2.13. The molecule has 1 heterocycles. The van der Waals surface area contributed by atoms with Gasteiger partial charge >= 0.3 is 0 Å². The number of hydrogen-bond acceptors (Lipinski definition) is 3. The molecule has 0 aliphatic rings. The molecule has 0 spiro atoms. The number of halogens is 1. The van der Waals surface area contributed by atoms with Crippen LogP contribution >= 0.6 is 15.9 Å². The van der Waals surface area contributed by atoms with Gasteiger partial charge < -0.3 is 19.2 Å². The molecule has 3 aromatic carbocycles. The van der Waals surface area contributed by atoms with Gasteiger partial charge in [-0.3, -0.25) is 0 Å². The Bertz CT molecular complexity index is 1300. The number of aromatic nitrogens is 1. The van der Waals surface area contributed by atoms with Gasteiger partial charge in [0.1, 0.15) is 25.3 Å². The van der Waals surface area contributed by atoms with E-state index in [9.17, 15) is 0 Å². The van der Waals surface area contributed by atoms with Crippen LogP contribution in [0.3, 0.4) is 0 Å². The number of hydrogen-bond donors (Lipinski definition) is 1. The van der Waals surface area contributed by atoms with Gasteiger partial charge in [0.2, 0.25) is 0 Å². The van der Waals surface area contributed by atoms with Gasteiger partial charge in [0, 0.05) is 21.8 Å². The zero-order chi connectivity index (χ0) is 25.2. The van der Waals surface area contributed by atoms with E-state index in [4.69, 9.17) is 14.2 Å².